The number of carbonyl (C=O) groups excluding carboxylic acids is 1. The average molecular weight is 333 g/mol. The number of carbonyl (C=O) groups is 1. The van der Waals surface area contributed by atoms with Gasteiger partial charge in [-0.15, -0.1) is 0 Å². The van der Waals surface area contributed by atoms with Crippen molar-refractivity contribution < 1.29 is 4.79 Å². The van der Waals surface area contributed by atoms with Crippen molar-refractivity contribution in [1.82, 2.24) is 14.7 Å². The zero-order valence-electron chi connectivity index (χ0n) is 9.40. The minimum atomic E-state index is -0.179. The predicted octanol–water partition coefficient (Wildman–Crippen LogP) is 2.06. The molecule has 2 rings (SSSR count). The summed E-state index contributed by atoms with van der Waals surface area (Å²) in [7, 11) is 0. The lowest BCUT2D eigenvalue weighted by atomic mass is 10.1. The second-order valence-electron chi connectivity index (χ2n) is 4.20. The first kappa shape index (κ1) is 11.9. The first-order valence-corrected chi connectivity index (χ1v) is 6.75. The van der Waals surface area contributed by atoms with Gasteiger partial charge < -0.3 is 4.90 Å². The number of hydrogen-bond acceptors (Lipinski definition) is 2. The number of amides is 1. The maximum absolute atomic E-state index is 12.2. The van der Waals surface area contributed by atoms with Gasteiger partial charge in [-0.05, 0) is 48.8 Å². The van der Waals surface area contributed by atoms with Crippen LogP contribution in [0.15, 0.2) is 12.4 Å². The molecule has 2 heterocycles. The Kier molecular flexibility index (Phi) is 3.83. The van der Waals surface area contributed by atoms with Crippen LogP contribution in [0.5, 0.6) is 0 Å². The molecule has 1 fully saturated rings. The van der Waals surface area contributed by atoms with Gasteiger partial charge in [0.25, 0.3) is 0 Å². The molecule has 5 heteroatoms. The SMILES string of the molecule is CC(C(=O)N1CCCCC1)n1cc(I)cn1. The van der Waals surface area contributed by atoms with Gasteiger partial charge in [0, 0.05) is 19.3 Å². The van der Waals surface area contributed by atoms with Gasteiger partial charge in [-0.1, -0.05) is 0 Å². The molecule has 1 saturated heterocycles. The van der Waals surface area contributed by atoms with E-state index in [1.807, 2.05) is 18.0 Å². The third kappa shape index (κ3) is 2.56. The third-order valence-corrected chi connectivity index (χ3v) is 3.55. The molecule has 1 aliphatic heterocycles. The van der Waals surface area contributed by atoms with Gasteiger partial charge in [0.2, 0.25) is 5.91 Å². The predicted molar refractivity (Wildman–Crippen MR) is 70.1 cm³/mol. The van der Waals surface area contributed by atoms with Crippen molar-refractivity contribution in [1.29, 1.82) is 0 Å². The normalized spacial score (nSPS) is 18.5. The van der Waals surface area contributed by atoms with Gasteiger partial charge in [-0.25, -0.2) is 0 Å². The minimum absolute atomic E-state index is 0.179. The summed E-state index contributed by atoms with van der Waals surface area (Å²) >= 11 is 2.20. The lowest BCUT2D eigenvalue weighted by Crippen LogP contribution is -2.39. The Balaban J connectivity index is 2.03. The van der Waals surface area contributed by atoms with Gasteiger partial charge >= 0.3 is 0 Å². The van der Waals surface area contributed by atoms with E-state index in [0.717, 1.165) is 29.5 Å². The van der Waals surface area contributed by atoms with Crippen molar-refractivity contribution in [2.24, 2.45) is 0 Å². The molecule has 0 N–H and O–H groups in total. The zero-order valence-corrected chi connectivity index (χ0v) is 11.6. The molecule has 0 saturated carbocycles. The number of hydrogen-bond donors (Lipinski definition) is 0. The van der Waals surface area contributed by atoms with Crippen molar-refractivity contribution in [3.63, 3.8) is 0 Å². The molecule has 1 aromatic heterocycles. The molecule has 1 aromatic rings. The quantitative estimate of drug-likeness (QED) is 0.777. The van der Waals surface area contributed by atoms with Gasteiger partial charge in [0.05, 0.1) is 9.77 Å². The highest BCUT2D eigenvalue weighted by atomic mass is 127. The van der Waals surface area contributed by atoms with E-state index in [1.54, 1.807) is 10.9 Å². The number of likely N-dealkylation sites (tertiary alicyclic amines) is 1. The highest BCUT2D eigenvalue weighted by Crippen LogP contribution is 2.16. The van der Waals surface area contributed by atoms with Crippen LogP contribution in [0.25, 0.3) is 0 Å². The molecule has 0 radical (unpaired) electrons. The van der Waals surface area contributed by atoms with E-state index >= 15 is 0 Å². The highest BCUT2D eigenvalue weighted by molar-refractivity contribution is 14.1. The summed E-state index contributed by atoms with van der Waals surface area (Å²) < 4.78 is 2.81. The summed E-state index contributed by atoms with van der Waals surface area (Å²) in [6.45, 7) is 3.73. The van der Waals surface area contributed by atoms with Crippen molar-refractivity contribution in [2.45, 2.75) is 32.2 Å². The molecular weight excluding hydrogens is 317 g/mol. The summed E-state index contributed by atoms with van der Waals surface area (Å²) in [5, 5.41) is 4.19. The van der Waals surface area contributed by atoms with Crippen molar-refractivity contribution in [3.8, 4) is 0 Å². The van der Waals surface area contributed by atoms with Crippen LogP contribution in [0, 0.1) is 3.57 Å². The molecule has 0 bridgehead atoms. The van der Waals surface area contributed by atoms with Crippen LogP contribution in [0.4, 0.5) is 0 Å². The van der Waals surface area contributed by atoms with Crippen molar-refractivity contribution in [2.75, 3.05) is 13.1 Å². The van der Waals surface area contributed by atoms with Gasteiger partial charge in [0.15, 0.2) is 0 Å². The van der Waals surface area contributed by atoms with Crippen LogP contribution in [0.3, 0.4) is 0 Å². The molecule has 1 amide bonds. The molecule has 1 unspecified atom stereocenters. The number of rotatable bonds is 2. The Morgan fingerprint density at radius 2 is 2.12 bits per heavy atom. The topological polar surface area (TPSA) is 38.1 Å². The highest BCUT2D eigenvalue weighted by Gasteiger charge is 2.23. The van der Waals surface area contributed by atoms with E-state index in [0.29, 0.717) is 0 Å². The first-order valence-electron chi connectivity index (χ1n) is 5.67. The first-order chi connectivity index (χ1) is 7.68. The van der Waals surface area contributed by atoms with Gasteiger partial charge in [-0.2, -0.15) is 5.10 Å². The largest absolute Gasteiger partial charge is 0.341 e. The van der Waals surface area contributed by atoms with E-state index in [9.17, 15) is 4.79 Å². The van der Waals surface area contributed by atoms with Crippen molar-refractivity contribution in [3.05, 3.63) is 16.0 Å². The smallest absolute Gasteiger partial charge is 0.247 e. The van der Waals surface area contributed by atoms with E-state index in [-0.39, 0.29) is 11.9 Å². The third-order valence-electron chi connectivity index (χ3n) is 2.99. The Hall–Kier alpha value is -0.590. The molecule has 16 heavy (non-hydrogen) atoms. The maximum Gasteiger partial charge on any atom is 0.247 e. The van der Waals surface area contributed by atoms with Crippen LogP contribution in [0.1, 0.15) is 32.2 Å². The monoisotopic (exact) mass is 333 g/mol. The van der Waals surface area contributed by atoms with Crippen LogP contribution < -0.4 is 0 Å². The Morgan fingerprint density at radius 3 is 2.69 bits per heavy atom. The Labute approximate surface area is 109 Å². The zero-order chi connectivity index (χ0) is 11.5. The van der Waals surface area contributed by atoms with Crippen LogP contribution in [-0.2, 0) is 4.79 Å². The fourth-order valence-corrected chi connectivity index (χ4v) is 2.43. The fraction of sp³-hybridized carbons (Fsp3) is 0.636. The van der Waals surface area contributed by atoms with E-state index in [1.165, 1.54) is 6.42 Å². The molecule has 88 valence electrons. The van der Waals surface area contributed by atoms with E-state index < -0.39 is 0 Å². The summed E-state index contributed by atoms with van der Waals surface area (Å²) in [4.78, 5) is 14.1. The maximum atomic E-state index is 12.2. The lowest BCUT2D eigenvalue weighted by Gasteiger charge is -2.29. The second kappa shape index (κ2) is 5.16. The summed E-state index contributed by atoms with van der Waals surface area (Å²) in [5.41, 5.74) is 0. The van der Waals surface area contributed by atoms with Crippen LogP contribution >= 0.6 is 22.6 Å². The molecule has 1 atom stereocenters. The van der Waals surface area contributed by atoms with E-state index in [4.69, 9.17) is 0 Å². The fourth-order valence-electron chi connectivity index (χ4n) is 2.02. The number of nitrogens with zero attached hydrogens (tertiary/aromatic N) is 3. The molecule has 0 aromatic carbocycles. The van der Waals surface area contributed by atoms with E-state index in [2.05, 4.69) is 27.7 Å². The Bertz CT molecular complexity index is 371. The molecule has 1 aliphatic rings. The summed E-state index contributed by atoms with van der Waals surface area (Å²) in [5.74, 6) is 0.194. The lowest BCUT2D eigenvalue weighted by molar-refractivity contribution is -0.135. The van der Waals surface area contributed by atoms with Crippen LogP contribution in [-0.4, -0.2) is 33.7 Å². The van der Waals surface area contributed by atoms with Gasteiger partial charge in [0.1, 0.15) is 6.04 Å². The molecule has 0 spiro atoms. The summed E-state index contributed by atoms with van der Waals surface area (Å²) in [6.07, 6.45) is 7.20. The number of halogens is 1. The summed E-state index contributed by atoms with van der Waals surface area (Å²) in [6, 6.07) is -0.179. The Morgan fingerprint density at radius 1 is 1.44 bits per heavy atom. The second-order valence-corrected chi connectivity index (χ2v) is 5.45. The molecule has 4 nitrogen and oxygen atoms in total. The number of aromatic nitrogens is 2. The van der Waals surface area contributed by atoms with Crippen LogP contribution in [0.2, 0.25) is 0 Å². The molecule has 0 aliphatic carbocycles. The standard InChI is InChI=1S/C11H16IN3O/c1-9(15-8-10(12)7-13-15)11(16)14-5-3-2-4-6-14/h7-9H,2-6H2,1H3. The average Bonchev–Trinajstić information content (AvgIpc) is 2.75. The molecular formula is C11H16IN3O. The number of piperidine rings is 1. The van der Waals surface area contributed by atoms with Gasteiger partial charge in [-0.3, -0.25) is 9.48 Å². The minimum Gasteiger partial charge on any atom is -0.341 e. The van der Waals surface area contributed by atoms with Crippen molar-refractivity contribution >= 4 is 28.5 Å².